The lowest BCUT2D eigenvalue weighted by Crippen LogP contribution is -2.29. The van der Waals surface area contributed by atoms with Crippen LogP contribution in [0.1, 0.15) is 25.7 Å². The van der Waals surface area contributed by atoms with E-state index in [9.17, 15) is 4.79 Å². The second kappa shape index (κ2) is 5.90. The molecule has 0 radical (unpaired) electrons. The van der Waals surface area contributed by atoms with Crippen LogP contribution < -0.4 is 5.32 Å². The molecule has 1 aromatic carbocycles. The van der Waals surface area contributed by atoms with E-state index >= 15 is 0 Å². The van der Waals surface area contributed by atoms with E-state index in [2.05, 4.69) is 10.3 Å². The van der Waals surface area contributed by atoms with E-state index in [-0.39, 0.29) is 5.92 Å². The number of para-hydroxylation sites is 1. The van der Waals surface area contributed by atoms with E-state index in [0.29, 0.717) is 11.1 Å². The van der Waals surface area contributed by atoms with Crippen molar-refractivity contribution in [1.29, 1.82) is 0 Å². The molecule has 0 unspecified atom stereocenters. The monoisotopic (exact) mass is 304 g/mol. The van der Waals surface area contributed by atoms with Gasteiger partial charge in [-0.2, -0.15) is 0 Å². The average Bonchev–Trinajstić information content (AvgIpc) is 2.49. The molecule has 5 heteroatoms. The Bertz CT molecular complexity index is 666. The third-order valence-corrected chi connectivity index (χ3v) is 4.46. The minimum atomic E-state index is -0.672. The zero-order chi connectivity index (χ0) is 14.8. The molecule has 1 fully saturated rings. The number of fused-ring (bicyclic) bond motifs is 1. The number of aromatic nitrogens is 1. The molecule has 1 aliphatic carbocycles. The van der Waals surface area contributed by atoms with Crippen molar-refractivity contribution in [3.63, 3.8) is 0 Å². The highest BCUT2D eigenvalue weighted by molar-refractivity contribution is 6.35. The zero-order valence-corrected chi connectivity index (χ0v) is 12.3. The van der Waals surface area contributed by atoms with Gasteiger partial charge in [-0.25, -0.2) is 0 Å². The minimum Gasteiger partial charge on any atom is -0.481 e. The van der Waals surface area contributed by atoms with Gasteiger partial charge in [0.05, 0.1) is 16.5 Å². The van der Waals surface area contributed by atoms with Gasteiger partial charge < -0.3 is 10.4 Å². The number of nitrogens with zero attached hydrogens (tertiary/aromatic N) is 1. The number of carbonyl (C=O) groups is 1. The first-order chi connectivity index (χ1) is 10.1. The Morgan fingerprint density at radius 1 is 1.24 bits per heavy atom. The summed E-state index contributed by atoms with van der Waals surface area (Å²) in [6.45, 7) is 0. The van der Waals surface area contributed by atoms with Gasteiger partial charge in [0.1, 0.15) is 0 Å². The number of halogens is 1. The Morgan fingerprint density at radius 3 is 2.71 bits per heavy atom. The molecule has 2 aromatic rings. The fourth-order valence-electron chi connectivity index (χ4n) is 2.97. The SMILES string of the molecule is O=C(O)C1CCC(Nc2ccnc3c(Cl)cccc23)CC1. The largest absolute Gasteiger partial charge is 0.481 e. The van der Waals surface area contributed by atoms with Crippen LogP contribution in [0, 0.1) is 5.92 Å². The van der Waals surface area contributed by atoms with E-state index in [1.165, 1.54) is 0 Å². The highest BCUT2D eigenvalue weighted by atomic mass is 35.5. The molecule has 2 N–H and O–H groups in total. The molecular weight excluding hydrogens is 288 g/mol. The van der Waals surface area contributed by atoms with Crippen molar-refractivity contribution >= 4 is 34.2 Å². The van der Waals surface area contributed by atoms with Gasteiger partial charge >= 0.3 is 5.97 Å². The normalized spacial score (nSPS) is 22.1. The highest BCUT2D eigenvalue weighted by Gasteiger charge is 2.26. The summed E-state index contributed by atoms with van der Waals surface area (Å²) in [5.74, 6) is -0.860. The number of aliphatic carboxylic acids is 1. The Hall–Kier alpha value is -1.81. The number of nitrogens with one attached hydrogen (secondary N) is 1. The summed E-state index contributed by atoms with van der Waals surface area (Å²) in [5, 5.41) is 14.2. The van der Waals surface area contributed by atoms with Gasteiger partial charge in [0.15, 0.2) is 0 Å². The topological polar surface area (TPSA) is 62.2 Å². The summed E-state index contributed by atoms with van der Waals surface area (Å²) in [7, 11) is 0. The third-order valence-electron chi connectivity index (χ3n) is 4.16. The first-order valence-corrected chi connectivity index (χ1v) is 7.55. The van der Waals surface area contributed by atoms with Crippen LogP contribution in [0.5, 0.6) is 0 Å². The highest BCUT2D eigenvalue weighted by Crippen LogP contribution is 2.31. The molecule has 21 heavy (non-hydrogen) atoms. The van der Waals surface area contributed by atoms with Crippen molar-refractivity contribution in [3.8, 4) is 0 Å². The maximum Gasteiger partial charge on any atom is 0.306 e. The summed E-state index contributed by atoms with van der Waals surface area (Å²) >= 11 is 6.17. The number of hydrogen-bond acceptors (Lipinski definition) is 3. The van der Waals surface area contributed by atoms with Gasteiger partial charge in [0.25, 0.3) is 0 Å². The maximum atomic E-state index is 11.0. The maximum absolute atomic E-state index is 11.0. The van der Waals surface area contributed by atoms with Gasteiger partial charge in [-0.1, -0.05) is 23.7 Å². The fourth-order valence-corrected chi connectivity index (χ4v) is 3.19. The van der Waals surface area contributed by atoms with Crippen LogP contribution in [-0.4, -0.2) is 22.1 Å². The predicted octanol–water partition coefficient (Wildman–Crippen LogP) is 3.94. The summed E-state index contributed by atoms with van der Waals surface area (Å²) in [6.07, 6.45) is 4.97. The van der Waals surface area contributed by atoms with Gasteiger partial charge in [-0.05, 0) is 37.8 Å². The van der Waals surface area contributed by atoms with E-state index in [0.717, 1.165) is 42.3 Å². The van der Waals surface area contributed by atoms with Crippen LogP contribution in [0.15, 0.2) is 30.5 Å². The number of hydrogen-bond donors (Lipinski definition) is 2. The smallest absolute Gasteiger partial charge is 0.306 e. The summed E-state index contributed by atoms with van der Waals surface area (Å²) in [5.41, 5.74) is 1.81. The molecule has 110 valence electrons. The number of benzene rings is 1. The molecule has 0 spiro atoms. The van der Waals surface area contributed by atoms with Crippen LogP contribution >= 0.6 is 11.6 Å². The standard InChI is InChI=1S/C16H17ClN2O2/c17-13-3-1-2-12-14(8-9-18-15(12)13)19-11-6-4-10(5-7-11)16(20)21/h1-3,8-11H,4-7H2,(H,18,19)(H,20,21). The fraction of sp³-hybridized carbons (Fsp3) is 0.375. The number of rotatable bonds is 3. The zero-order valence-electron chi connectivity index (χ0n) is 11.6. The van der Waals surface area contributed by atoms with Crippen LogP contribution in [0.2, 0.25) is 5.02 Å². The van der Waals surface area contributed by atoms with Crippen molar-refractivity contribution in [2.45, 2.75) is 31.7 Å². The number of pyridine rings is 1. The molecular formula is C16H17ClN2O2. The molecule has 0 aliphatic heterocycles. The number of carboxylic acid groups (broad SMARTS) is 1. The van der Waals surface area contributed by atoms with Crippen molar-refractivity contribution in [2.75, 3.05) is 5.32 Å². The minimum absolute atomic E-state index is 0.188. The molecule has 0 atom stereocenters. The molecule has 1 saturated carbocycles. The van der Waals surface area contributed by atoms with Gasteiger partial charge in [0.2, 0.25) is 0 Å². The molecule has 1 heterocycles. The first kappa shape index (κ1) is 14.1. The molecule has 1 aliphatic rings. The van der Waals surface area contributed by atoms with E-state index in [4.69, 9.17) is 16.7 Å². The van der Waals surface area contributed by atoms with Crippen LogP contribution in [0.25, 0.3) is 10.9 Å². The Labute approximate surface area is 128 Å². The third kappa shape index (κ3) is 2.95. The quantitative estimate of drug-likeness (QED) is 0.901. The Morgan fingerprint density at radius 2 is 2.00 bits per heavy atom. The van der Waals surface area contributed by atoms with Gasteiger partial charge in [-0.15, -0.1) is 0 Å². The molecule has 3 rings (SSSR count). The summed E-state index contributed by atoms with van der Waals surface area (Å²) < 4.78 is 0. The molecule has 1 aromatic heterocycles. The lowest BCUT2D eigenvalue weighted by atomic mass is 9.86. The van der Waals surface area contributed by atoms with Crippen LogP contribution in [0.3, 0.4) is 0 Å². The molecule has 0 bridgehead atoms. The van der Waals surface area contributed by atoms with Gasteiger partial charge in [-0.3, -0.25) is 9.78 Å². The Kier molecular flexibility index (Phi) is 3.97. The van der Waals surface area contributed by atoms with Crippen molar-refractivity contribution in [3.05, 3.63) is 35.5 Å². The molecule has 4 nitrogen and oxygen atoms in total. The Balaban J connectivity index is 1.77. The predicted molar refractivity (Wildman–Crippen MR) is 83.8 cm³/mol. The van der Waals surface area contributed by atoms with E-state index in [1.54, 1.807) is 6.20 Å². The van der Waals surface area contributed by atoms with E-state index in [1.807, 2.05) is 24.3 Å². The lowest BCUT2D eigenvalue weighted by Gasteiger charge is -2.28. The second-order valence-corrected chi connectivity index (χ2v) is 5.93. The number of carboxylic acids is 1. The van der Waals surface area contributed by atoms with E-state index < -0.39 is 5.97 Å². The number of anilines is 1. The van der Waals surface area contributed by atoms with Gasteiger partial charge in [0, 0.05) is 23.3 Å². The average molecular weight is 305 g/mol. The van der Waals surface area contributed by atoms with Crippen LogP contribution in [0.4, 0.5) is 5.69 Å². The summed E-state index contributed by atoms with van der Waals surface area (Å²) in [6, 6.07) is 8.00. The van der Waals surface area contributed by atoms with Crippen molar-refractivity contribution in [2.24, 2.45) is 5.92 Å². The molecule has 0 saturated heterocycles. The summed E-state index contributed by atoms with van der Waals surface area (Å²) in [4.78, 5) is 15.3. The van der Waals surface area contributed by atoms with Crippen LogP contribution in [-0.2, 0) is 4.79 Å². The lowest BCUT2D eigenvalue weighted by molar-refractivity contribution is -0.142. The van der Waals surface area contributed by atoms with Crippen molar-refractivity contribution < 1.29 is 9.90 Å². The van der Waals surface area contributed by atoms with Crippen molar-refractivity contribution in [1.82, 2.24) is 4.98 Å². The first-order valence-electron chi connectivity index (χ1n) is 7.17. The molecule has 0 amide bonds. The second-order valence-electron chi connectivity index (χ2n) is 5.53.